The average molecular weight is 413 g/mol. The van der Waals surface area contributed by atoms with Crippen molar-refractivity contribution in [1.82, 2.24) is 24.5 Å². The molecule has 0 spiro atoms. The van der Waals surface area contributed by atoms with Crippen LogP contribution >= 0.6 is 0 Å². The summed E-state index contributed by atoms with van der Waals surface area (Å²) in [5, 5.41) is 4.50. The highest BCUT2D eigenvalue weighted by molar-refractivity contribution is 6.00. The molecule has 1 fully saturated rings. The van der Waals surface area contributed by atoms with E-state index in [0.717, 1.165) is 36.4 Å². The van der Waals surface area contributed by atoms with E-state index in [4.69, 9.17) is 4.74 Å². The first kappa shape index (κ1) is 19.4. The Bertz CT molecular complexity index is 1170. The topological polar surface area (TPSA) is 72.6 Å². The van der Waals surface area contributed by atoms with Crippen molar-refractivity contribution in [2.45, 2.75) is 25.5 Å². The molecule has 0 radical (unpaired) electrons. The number of aromatic nitrogens is 4. The molecule has 4 heterocycles. The van der Waals surface area contributed by atoms with Gasteiger partial charge in [0.05, 0.1) is 30.2 Å². The first-order chi connectivity index (χ1) is 15.3. The molecule has 1 atom stereocenters. The minimum absolute atomic E-state index is 0.0438. The molecule has 1 unspecified atom stereocenters. The third kappa shape index (κ3) is 4.04. The van der Waals surface area contributed by atoms with Gasteiger partial charge in [0.25, 0.3) is 5.91 Å². The molecule has 0 aliphatic carbocycles. The van der Waals surface area contributed by atoms with Gasteiger partial charge in [0.1, 0.15) is 5.56 Å². The second kappa shape index (κ2) is 8.65. The van der Waals surface area contributed by atoms with Crippen molar-refractivity contribution in [1.29, 1.82) is 0 Å². The number of hydrogen-bond acceptors (Lipinski definition) is 5. The smallest absolute Gasteiger partial charge is 0.259 e. The summed E-state index contributed by atoms with van der Waals surface area (Å²) in [5.74, 6) is -0.117. The molecule has 3 aromatic heterocycles. The minimum atomic E-state index is -0.117. The molecule has 31 heavy (non-hydrogen) atoms. The number of carbonyl (C=O) groups is 1. The lowest BCUT2D eigenvalue weighted by Crippen LogP contribution is -2.37. The predicted octanol–water partition coefficient (Wildman–Crippen LogP) is 3.61. The molecule has 156 valence electrons. The summed E-state index contributed by atoms with van der Waals surface area (Å²) in [7, 11) is 0. The van der Waals surface area contributed by atoms with E-state index in [1.54, 1.807) is 28.0 Å². The fourth-order valence-corrected chi connectivity index (χ4v) is 3.98. The number of benzene rings is 1. The number of nitrogens with zero attached hydrogens (tertiary/aromatic N) is 5. The molecule has 4 aromatic rings. The van der Waals surface area contributed by atoms with Crippen LogP contribution in [-0.2, 0) is 11.3 Å². The Morgan fingerprint density at radius 1 is 1.06 bits per heavy atom. The number of rotatable bonds is 6. The van der Waals surface area contributed by atoms with Gasteiger partial charge in [-0.25, -0.2) is 9.50 Å². The number of hydrogen-bond donors (Lipinski definition) is 0. The molecule has 1 aliphatic heterocycles. The second-order valence-electron chi connectivity index (χ2n) is 7.63. The maximum atomic E-state index is 13.6. The fourth-order valence-electron chi connectivity index (χ4n) is 3.98. The van der Waals surface area contributed by atoms with Gasteiger partial charge in [-0.15, -0.1) is 0 Å². The molecule has 7 heteroatoms. The maximum absolute atomic E-state index is 13.6. The lowest BCUT2D eigenvalue weighted by atomic mass is 10.1. The summed E-state index contributed by atoms with van der Waals surface area (Å²) >= 11 is 0. The van der Waals surface area contributed by atoms with E-state index in [0.29, 0.717) is 24.3 Å². The number of carbonyl (C=O) groups excluding carboxylic acids is 1. The maximum Gasteiger partial charge on any atom is 0.259 e. The van der Waals surface area contributed by atoms with Crippen molar-refractivity contribution >= 4 is 11.6 Å². The summed E-state index contributed by atoms with van der Waals surface area (Å²) in [6.45, 7) is 1.68. The van der Waals surface area contributed by atoms with Crippen molar-refractivity contribution in [2.24, 2.45) is 0 Å². The molecule has 5 rings (SSSR count). The van der Waals surface area contributed by atoms with E-state index in [1.165, 1.54) is 0 Å². The molecule has 1 aromatic carbocycles. The zero-order valence-corrected chi connectivity index (χ0v) is 17.1. The number of amides is 1. The molecule has 1 amide bonds. The summed E-state index contributed by atoms with van der Waals surface area (Å²) < 4.78 is 7.53. The predicted molar refractivity (Wildman–Crippen MR) is 116 cm³/mol. The summed E-state index contributed by atoms with van der Waals surface area (Å²) in [4.78, 5) is 24.3. The van der Waals surface area contributed by atoms with E-state index in [9.17, 15) is 4.79 Å². The Morgan fingerprint density at radius 2 is 1.94 bits per heavy atom. The molecule has 0 bridgehead atoms. The van der Waals surface area contributed by atoms with Crippen LogP contribution in [0.15, 0.2) is 73.2 Å². The third-order valence-electron chi connectivity index (χ3n) is 5.52. The van der Waals surface area contributed by atoms with Gasteiger partial charge in [-0.05, 0) is 31.0 Å². The first-order valence-corrected chi connectivity index (χ1v) is 10.5. The van der Waals surface area contributed by atoms with Crippen LogP contribution in [0.5, 0.6) is 0 Å². The molecule has 0 N–H and O–H groups in total. The summed E-state index contributed by atoms with van der Waals surface area (Å²) in [6, 6.07) is 17.6. The van der Waals surface area contributed by atoms with Crippen molar-refractivity contribution in [3.63, 3.8) is 0 Å². The van der Waals surface area contributed by atoms with Crippen LogP contribution < -0.4 is 0 Å². The SMILES string of the molecule is O=C(c1cnn2c(-c3ccccc3)ccnc12)N(Cc1ccccn1)CC1CCCO1. The Morgan fingerprint density at radius 3 is 2.71 bits per heavy atom. The number of fused-ring (bicyclic) bond motifs is 1. The van der Waals surface area contributed by atoms with E-state index in [2.05, 4.69) is 15.1 Å². The number of ether oxygens (including phenoxy) is 1. The van der Waals surface area contributed by atoms with Gasteiger partial charge in [-0.1, -0.05) is 36.4 Å². The van der Waals surface area contributed by atoms with Crippen LogP contribution in [0.2, 0.25) is 0 Å². The zero-order valence-electron chi connectivity index (χ0n) is 17.1. The highest BCUT2D eigenvalue weighted by atomic mass is 16.5. The van der Waals surface area contributed by atoms with Gasteiger partial charge in [0, 0.05) is 31.1 Å². The van der Waals surface area contributed by atoms with Gasteiger partial charge in [0.2, 0.25) is 0 Å². The minimum Gasteiger partial charge on any atom is -0.376 e. The largest absolute Gasteiger partial charge is 0.376 e. The van der Waals surface area contributed by atoms with Crippen LogP contribution in [0.25, 0.3) is 16.9 Å². The molecule has 1 aliphatic rings. The van der Waals surface area contributed by atoms with Crippen LogP contribution in [0, 0.1) is 0 Å². The van der Waals surface area contributed by atoms with Gasteiger partial charge >= 0.3 is 0 Å². The van der Waals surface area contributed by atoms with Crippen LogP contribution in [0.1, 0.15) is 28.9 Å². The Kier molecular flexibility index (Phi) is 5.41. The van der Waals surface area contributed by atoms with Crippen molar-refractivity contribution in [3.8, 4) is 11.3 Å². The highest BCUT2D eigenvalue weighted by Crippen LogP contribution is 2.23. The van der Waals surface area contributed by atoms with E-state index >= 15 is 0 Å². The molecule has 1 saturated heterocycles. The third-order valence-corrected chi connectivity index (χ3v) is 5.52. The molecule has 0 saturated carbocycles. The second-order valence-corrected chi connectivity index (χ2v) is 7.63. The highest BCUT2D eigenvalue weighted by Gasteiger charge is 2.26. The lowest BCUT2D eigenvalue weighted by molar-refractivity contribution is 0.0505. The monoisotopic (exact) mass is 413 g/mol. The van der Waals surface area contributed by atoms with Crippen molar-refractivity contribution < 1.29 is 9.53 Å². The van der Waals surface area contributed by atoms with Crippen LogP contribution in [-0.4, -0.2) is 49.6 Å². The van der Waals surface area contributed by atoms with Gasteiger partial charge < -0.3 is 9.64 Å². The van der Waals surface area contributed by atoms with Crippen LogP contribution in [0.4, 0.5) is 0 Å². The van der Waals surface area contributed by atoms with Gasteiger partial charge in [-0.2, -0.15) is 5.10 Å². The quantitative estimate of drug-likeness (QED) is 0.483. The molecular weight excluding hydrogens is 390 g/mol. The Hall–Kier alpha value is -3.58. The molecular formula is C24H23N5O2. The average Bonchev–Trinajstić information content (AvgIpc) is 3.49. The summed E-state index contributed by atoms with van der Waals surface area (Å²) in [6.07, 6.45) is 7.10. The van der Waals surface area contributed by atoms with Gasteiger partial charge in [0.15, 0.2) is 5.65 Å². The zero-order chi connectivity index (χ0) is 21.0. The van der Waals surface area contributed by atoms with Crippen LogP contribution in [0.3, 0.4) is 0 Å². The normalized spacial score (nSPS) is 15.9. The summed E-state index contributed by atoms with van der Waals surface area (Å²) in [5.41, 5.74) is 3.77. The number of pyridine rings is 1. The first-order valence-electron chi connectivity index (χ1n) is 10.5. The standard InChI is InChI=1S/C24H23N5O2/c30-24(28(17-20-10-6-14-31-20)16-19-9-4-5-12-25-19)21-15-27-29-22(11-13-26-23(21)29)18-7-2-1-3-8-18/h1-5,7-9,11-13,15,20H,6,10,14,16-17H2. The van der Waals surface area contributed by atoms with E-state index in [-0.39, 0.29) is 12.0 Å². The van der Waals surface area contributed by atoms with Crippen molar-refractivity contribution in [3.05, 3.63) is 84.4 Å². The Labute approximate surface area is 180 Å². The van der Waals surface area contributed by atoms with Crippen molar-refractivity contribution in [2.75, 3.05) is 13.2 Å². The fraction of sp³-hybridized carbons (Fsp3) is 0.250. The Balaban J connectivity index is 1.49. The lowest BCUT2D eigenvalue weighted by Gasteiger charge is -2.25. The van der Waals surface area contributed by atoms with E-state index < -0.39 is 0 Å². The molecule has 7 nitrogen and oxygen atoms in total. The van der Waals surface area contributed by atoms with E-state index in [1.807, 2.05) is 54.6 Å². The van der Waals surface area contributed by atoms with Gasteiger partial charge in [-0.3, -0.25) is 9.78 Å².